The van der Waals surface area contributed by atoms with E-state index in [1.54, 1.807) is 0 Å². The Hall–Kier alpha value is -0.930. The second kappa shape index (κ2) is 6.30. The van der Waals surface area contributed by atoms with Gasteiger partial charge in [0.15, 0.2) is 0 Å². The summed E-state index contributed by atoms with van der Waals surface area (Å²) in [6, 6.07) is 4.22. The molecule has 0 aromatic heterocycles. The average Bonchev–Trinajstić information content (AvgIpc) is 2.23. The largest absolute Gasteiger partial charge is 0.398 e. The molecule has 0 aliphatic heterocycles. The van der Waals surface area contributed by atoms with E-state index in [-0.39, 0.29) is 0 Å². The van der Waals surface area contributed by atoms with Gasteiger partial charge in [0.05, 0.1) is 10.7 Å². The summed E-state index contributed by atoms with van der Waals surface area (Å²) >= 11 is 6.08. The monoisotopic (exact) mass is 269 g/mol. The third-order valence-electron chi connectivity index (χ3n) is 3.05. The van der Waals surface area contributed by atoms with Gasteiger partial charge in [0.1, 0.15) is 0 Å². The van der Waals surface area contributed by atoms with Crippen molar-refractivity contribution in [2.45, 2.75) is 26.8 Å². The lowest BCUT2D eigenvalue weighted by molar-refractivity contribution is 0.344. The minimum Gasteiger partial charge on any atom is -0.398 e. The zero-order chi connectivity index (χ0) is 13.9. The van der Waals surface area contributed by atoms with E-state index in [1.165, 1.54) is 0 Å². The Morgan fingerprint density at radius 2 is 1.94 bits per heavy atom. The van der Waals surface area contributed by atoms with Crippen LogP contribution in [0.3, 0.4) is 0 Å². The fourth-order valence-corrected chi connectivity index (χ4v) is 2.04. The van der Waals surface area contributed by atoms with Crippen LogP contribution in [0, 0.1) is 12.8 Å². The lowest BCUT2D eigenvalue weighted by Gasteiger charge is -2.27. The Kier molecular flexibility index (Phi) is 5.29. The number of aryl methyl sites for hydroxylation is 1. The van der Waals surface area contributed by atoms with Gasteiger partial charge in [0.2, 0.25) is 0 Å². The second-order valence-corrected chi connectivity index (χ2v) is 5.85. The van der Waals surface area contributed by atoms with Crippen LogP contribution >= 0.6 is 11.6 Å². The molecule has 1 aromatic rings. The third-order valence-corrected chi connectivity index (χ3v) is 3.38. The van der Waals surface area contributed by atoms with E-state index in [2.05, 4.69) is 38.2 Å². The van der Waals surface area contributed by atoms with Crippen LogP contribution in [-0.4, -0.2) is 31.6 Å². The molecule has 3 N–H and O–H groups in total. The lowest BCUT2D eigenvalue weighted by atomic mass is 10.0. The van der Waals surface area contributed by atoms with Gasteiger partial charge in [-0.2, -0.15) is 0 Å². The van der Waals surface area contributed by atoms with Crippen LogP contribution < -0.4 is 11.1 Å². The zero-order valence-corrected chi connectivity index (χ0v) is 12.7. The number of nitrogens with zero attached hydrogens (tertiary/aromatic N) is 1. The SMILES string of the molecule is Cc1cc(N)c(Cl)cc1NC(CN(C)C)C(C)C. The Bertz CT molecular complexity index is 402. The molecule has 0 amide bonds. The van der Waals surface area contributed by atoms with Crippen molar-refractivity contribution in [2.24, 2.45) is 5.92 Å². The van der Waals surface area contributed by atoms with Gasteiger partial charge in [-0.15, -0.1) is 0 Å². The number of halogens is 1. The van der Waals surface area contributed by atoms with E-state index in [4.69, 9.17) is 17.3 Å². The number of nitrogens with one attached hydrogen (secondary N) is 1. The molecule has 1 unspecified atom stereocenters. The van der Waals surface area contributed by atoms with Gasteiger partial charge in [-0.1, -0.05) is 25.4 Å². The molecule has 1 atom stereocenters. The van der Waals surface area contributed by atoms with Crippen LogP contribution in [0.25, 0.3) is 0 Å². The number of nitrogen functional groups attached to an aromatic ring is 1. The van der Waals surface area contributed by atoms with Gasteiger partial charge in [-0.3, -0.25) is 0 Å². The normalized spacial score (nSPS) is 13.1. The summed E-state index contributed by atoms with van der Waals surface area (Å²) in [6.45, 7) is 7.46. The van der Waals surface area contributed by atoms with Gasteiger partial charge >= 0.3 is 0 Å². The number of hydrogen-bond acceptors (Lipinski definition) is 3. The van der Waals surface area contributed by atoms with Gasteiger partial charge < -0.3 is 16.0 Å². The summed E-state index contributed by atoms with van der Waals surface area (Å²) in [6.07, 6.45) is 0. The Morgan fingerprint density at radius 3 is 2.44 bits per heavy atom. The molecule has 3 nitrogen and oxygen atoms in total. The van der Waals surface area contributed by atoms with Crippen molar-refractivity contribution >= 4 is 23.0 Å². The maximum Gasteiger partial charge on any atom is 0.0656 e. The lowest BCUT2D eigenvalue weighted by Crippen LogP contribution is -2.36. The molecular formula is C14H24ClN3. The Morgan fingerprint density at radius 1 is 1.33 bits per heavy atom. The Labute approximate surface area is 115 Å². The number of likely N-dealkylation sites (N-methyl/N-ethyl adjacent to an activating group) is 1. The van der Waals surface area contributed by atoms with Crippen molar-refractivity contribution in [3.05, 3.63) is 22.7 Å². The van der Waals surface area contributed by atoms with Crippen LogP contribution in [0.2, 0.25) is 5.02 Å². The van der Waals surface area contributed by atoms with Crippen molar-refractivity contribution in [3.8, 4) is 0 Å². The highest BCUT2D eigenvalue weighted by Gasteiger charge is 2.15. The average molecular weight is 270 g/mol. The Balaban J connectivity index is 2.90. The van der Waals surface area contributed by atoms with E-state index >= 15 is 0 Å². The predicted molar refractivity (Wildman–Crippen MR) is 81.4 cm³/mol. The standard InChI is InChI=1S/C14H24ClN3/c1-9(2)14(8-18(4)5)17-13-7-11(15)12(16)6-10(13)3/h6-7,9,14,17H,8,16H2,1-5H3. The van der Waals surface area contributed by atoms with Crippen LogP contribution in [-0.2, 0) is 0 Å². The van der Waals surface area contributed by atoms with E-state index < -0.39 is 0 Å². The van der Waals surface area contributed by atoms with Crippen molar-refractivity contribution in [1.29, 1.82) is 0 Å². The minimum absolute atomic E-state index is 0.387. The van der Waals surface area contributed by atoms with Gasteiger partial charge in [-0.05, 0) is 44.6 Å². The van der Waals surface area contributed by atoms with E-state index in [0.29, 0.717) is 22.7 Å². The highest BCUT2D eigenvalue weighted by atomic mass is 35.5. The van der Waals surface area contributed by atoms with Crippen LogP contribution in [0.1, 0.15) is 19.4 Å². The molecule has 18 heavy (non-hydrogen) atoms. The summed E-state index contributed by atoms with van der Waals surface area (Å²) in [5.74, 6) is 0.545. The summed E-state index contributed by atoms with van der Waals surface area (Å²) in [7, 11) is 4.17. The number of hydrogen-bond donors (Lipinski definition) is 2. The molecule has 0 saturated heterocycles. The summed E-state index contributed by atoms with van der Waals surface area (Å²) in [5, 5.41) is 4.17. The maximum atomic E-state index is 6.08. The number of anilines is 2. The molecule has 0 aliphatic carbocycles. The molecule has 0 radical (unpaired) electrons. The first-order chi connectivity index (χ1) is 8.31. The molecule has 1 rings (SSSR count). The summed E-state index contributed by atoms with van der Waals surface area (Å²) in [4.78, 5) is 2.19. The van der Waals surface area contributed by atoms with Crippen molar-refractivity contribution in [1.82, 2.24) is 4.90 Å². The fourth-order valence-electron chi connectivity index (χ4n) is 1.88. The first-order valence-corrected chi connectivity index (χ1v) is 6.66. The first-order valence-electron chi connectivity index (χ1n) is 6.28. The van der Waals surface area contributed by atoms with Gasteiger partial charge in [0, 0.05) is 18.3 Å². The maximum absolute atomic E-state index is 6.08. The first kappa shape index (κ1) is 15.1. The van der Waals surface area contributed by atoms with Crippen molar-refractivity contribution < 1.29 is 0 Å². The van der Waals surface area contributed by atoms with Crippen LogP contribution in [0.5, 0.6) is 0 Å². The fraction of sp³-hybridized carbons (Fsp3) is 0.571. The number of nitrogens with two attached hydrogens (primary N) is 1. The zero-order valence-electron chi connectivity index (χ0n) is 11.9. The molecule has 1 aromatic carbocycles. The molecule has 0 fully saturated rings. The molecule has 0 aliphatic rings. The van der Waals surface area contributed by atoms with Crippen LogP contribution in [0.15, 0.2) is 12.1 Å². The number of benzene rings is 1. The molecule has 0 saturated carbocycles. The quantitative estimate of drug-likeness (QED) is 0.807. The van der Waals surface area contributed by atoms with E-state index in [9.17, 15) is 0 Å². The molecule has 102 valence electrons. The van der Waals surface area contributed by atoms with Crippen molar-refractivity contribution in [3.63, 3.8) is 0 Å². The number of rotatable bonds is 5. The van der Waals surface area contributed by atoms with Crippen LogP contribution in [0.4, 0.5) is 11.4 Å². The molecule has 0 spiro atoms. The second-order valence-electron chi connectivity index (χ2n) is 5.45. The predicted octanol–water partition coefficient (Wildman–Crippen LogP) is 3.23. The summed E-state index contributed by atoms with van der Waals surface area (Å²) in [5.41, 5.74) is 8.62. The topological polar surface area (TPSA) is 41.3 Å². The van der Waals surface area contributed by atoms with Gasteiger partial charge in [0.25, 0.3) is 0 Å². The van der Waals surface area contributed by atoms with Gasteiger partial charge in [-0.25, -0.2) is 0 Å². The highest BCUT2D eigenvalue weighted by molar-refractivity contribution is 6.33. The molecule has 4 heteroatoms. The highest BCUT2D eigenvalue weighted by Crippen LogP contribution is 2.27. The van der Waals surface area contributed by atoms with Crippen molar-refractivity contribution in [2.75, 3.05) is 31.7 Å². The van der Waals surface area contributed by atoms with E-state index in [0.717, 1.165) is 17.8 Å². The molecule has 0 bridgehead atoms. The smallest absolute Gasteiger partial charge is 0.0656 e. The molecular weight excluding hydrogens is 246 g/mol. The summed E-state index contributed by atoms with van der Waals surface area (Å²) < 4.78 is 0. The molecule has 0 heterocycles. The third kappa shape index (κ3) is 4.07. The van der Waals surface area contributed by atoms with E-state index in [1.807, 2.05) is 19.1 Å². The minimum atomic E-state index is 0.387.